The van der Waals surface area contributed by atoms with Crippen molar-refractivity contribution in [2.24, 2.45) is 5.92 Å². The molecular formula is C26H36BrClN2O3. The Balaban J connectivity index is 1.57. The van der Waals surface area contributed by atoms with Gasteiger partial charge in [0.2, 0.25) is 0 Å². The van der Waals surface area contributed by atoms with Crippen LogP contribution < -0.4 is 14.8 Å². The number of ether oxygens (including phenoxy) is 2. The van der Waals surface area contributed by atoms with E-state index >= 15 is 0 Å². The van der Waals surface area contributed by atoms with Gasteiger partial charge in [-0.2, -0.15) is 0 Å². The van der Waals surface area contributed by atoms with Crippen molar-refractivity contribution in [1.82, 2.24) is 10.2 Å². The van der Waals surface area contributed by atoms with Gasteiger partial charge in [-0.25, -0.2) is 0 Å². The number of β-amino-alcohol motifs (C(OH)–C–C–N with tert-alkyl or cyclic N) is 1. The molecular weight excluding hydrogens is 504 g/mol. The van der Waals surface area contributed by atoms with Crippen LogP contribution in [0.25, 0.3) is 0 Å². The first kappa shape index (κ1) is 26.3. The summed E-state index contributed by atoms with van der Waals surface area (Å²) in [6.07, 6.45) is -0.496. The molecule has 0 radical (unpaired) electrons. The van der Waals surface area contributed by atoms with Gasteiger partial charge in [-0.15, -0.1) is 11.6 Å². The highest BCUT2D eigenvalue weighted by molar-refractivity contribution is 9.10. The van der Waals surface area contributed by atoms with E-state index in [1.165, 1.54) is 11.1 Å². The minimum atomic E-state index is -0.496. The van der Waals surface area contributed by atoms with Gasteiger partial charge in [-0.1, -0.05) is 39.0 Å². The highest BCUT2D eigenvalue weighted by atomic mass is 79.9. The molecule has 0 amide bonds. The quantitative estimate of drug-likeness (QED) is 0.406. The molecule has 0 bridgehead atoms. The Labute approximate surface area is 211 Å². The first-order valence-electron chi connectivity index (χ1n) is 11.6. The number of nitrogens with zero attached hydrogens (tertiary/aromatic N) is 1. The lowest BCUT2D eigenvalue weighted by atomic mass is 9.78. The number of nitrogens with one attached hydrogen (secondary N) is 1. The summed E-state index contributed by atoms with van der Waals surface area (Å²) in [5.41, 5.74) is 2.19. The maximum Gasteiger partial charge on any atom is 0.133 e. The normalized spacial score (nSPS) is 16.9. The molecule has 2 atom stereocenters. The number of alkyl halides is 1. The standard InChI is InChI=1S/C26H36BrClN2O3/c1-19(15-28)17-33-25-9-6-21(14-24(25)27)26(2,3)20-4-7-23(8-5-20)32-18-22(31)16-30-12-10-29-11-13-30/h4-9,14,19,22,29,31H,10-13,15-18H2,1-3H3/t19-,22+/m0/s1. The highest BCUT2D eigenvalue weighted by Crippen LogP contribution is 2.36. The summed E-state index contributed by atoms with van der Waals surface area (Å²) in [7, 11) is 0. The summed E-state index contributed by atoms with van der Waals surface area (Å²) >= 11 is 9.54. The van der Waals surface area contributed by atoms with Crippen LogP contribution in [0.2, 0.25) is 0 Å². The van der Waals surface area contributed by atoms with E-state index in [1.54, 1.807) is 0 Å². The van der Waals surface area contributed by atoms with Gasteiger partial charge < -0.3 is 19.9 Å². The van der Waals surface area contributed by atoms with Gasteiger partial charge in [-0.05, 0) is 51.3 Å². The van der Waals surface area contributed by atoms with Crippen molar-refractivity contribution in [2.45, 2.75) is 32.3 Å². The number of hydrogen-bond acceptors (Lipinski definition) is 5. The van der Waals surface area contributed by atoms with Crippen LogP contribution in [0.3, 0.4) is 0 Å². The van der Waals surface area contributed by atoms with E-state index < -0.39 is 6.10 Å². The molecule has 0 saturated carbocycles. The predicted molar refractivity (Wildman–Crippen MR) is 139 cm³/mol. The van der Waals surface area contributed by atoms with Crippen LogP contribution in [-0.4, -0.2) is 67.9 Å². The molecule has 5 nitrogen and oxygen atoms in total. The second-order valence-electron chi connectivity index (χ2n) is 9.38. The lowest BCUT2D eigenvalue weighted by Gasteiger charge is -2.29. The summed E-state index contributed by atoms with van der Waals surface area (Å²) in [6.45, 7) is 11.9. The molecule has 1 fully saturated rings. The number of rotatable bonds is 11. The zero-order valence-electron chi connectivity index (χ0n) is 19.8. The number of hydrogen-bond donors (Lipinski definition) is 2. The van der Waals surface area contributed by atoms with Crippen LogP contribution in [0.15, 0.2) is 46.9 Å². The molecule has 7 heteroatoms. The van der Waals surface area contributed by atoms with E-state index in [-0.39, 0.29) is 5.41 Å². The lowest BCUT2D eigenvalue weighted by molar-refractivity contribution is 0.0641. The minimum Gasteiger partial charge on any atom is -0.492 e. The number of piperazine rings is 1. The van der Waals surface area contributed by atoms with Crippen LogP contribution in [0.4, 0.5) is 0 Å². The van der Waals surface area contributed by atoms with Crippen LogP contribution in [-0.2, 0) is 5.41 Å². The number of aliphatic hydroxyl groups is 1. The number of aliphatic hydroxyl groups excluding tert-OH is 1. The van der Waals surface area contributed by atoms with E-state index in [2.05, 4.69) is 71.2 Å². The zero-order valence-corrected chi connectivity index (χ0v) is 22.2. The first-order valence-corrected chi connectivity index (χ1v) is 13.0. The van der Waals surface area contributed by atoms with Gasteiger partial charge in [-0.3, -0.25) is 4.90 Å². The largest absolute Gasteiger partial charge is 0.492 e. The number of halogens is 2. The van der Waals surface area contributed by atoms with Crippen molar-refractivity contribution >= 4 is 27.5 Å². The third-order valence-corrected chi connectivity index (χ3v) is 7.28. The molecule has 33 heavy (non-hydrogen) atoms. The van der Waals surface area contributed by atoms with Crippen molar-refractivity contribution in [3.63, 3.8) is 0 Å². The summed E-state index contributed by atoms with van der Waals surface area (Å²) in [6, 6.07) is 14.4. The van der Waals surface area contributed by atoms with Crippen LogP contribution in [0.1, 0.15) is 31.9 Å². The minimum absolute atomic E-state index is 0.190. The Hall–Kier alpha value is -1.31. The molecule has 182 valence electrons. The molecule has 1 aliphatic rings. The molecule has 0 aliphatic carbocycles. The van der Waals surface area contributed by atoms with Crippen LogP contribution in [0, 0.1) is 5.92 Å². The third kappa shape index (κ3) is 7.59. The molecule has 0 unspecified atom stereocenters. The summed E-state index contributed by atoms with van der Waals surface area (Å²) < 4.78 is 12.7. The fourth-order valence-electron chi connectivity index (χ4n) is 3.85. The monoisotopic (exact) mass is 538 g/mol. The van der Waals surface area contributed by atoms with E-state index in [0.717, 1.165) is 42.2 Å². The Bertz CT molecular complexity index is 872. The fraction of sp³-hybridized carbons (Fsp3) is 0.538. The van der Waals surface area contributed by atoms with Gasteiger partial charge in [0.1, 0.15) is 24.2 Å². The van der Waals surface area contributed by atoms with Crippen LogP contribution >= 0.6 is 27.5 Å². The van der Waals surface area contributed by atoms with Crippen molar-refractivity contribution in [2.75, 3.05) is 51.8 Å². The SMILES string of the molecule is C[C@@H](CCl)COc1ccc(C(C)(C)c2ccc(OC[C@H](O)CN3CCNCC3)cc2)cc1Br. The molecule has 0 aromatic heterocycles. The van der Waals surface area contributed by atoms with Crippen molar-refractivity contribution < 1.29 is 14.6 Å². The molecule has 2 N–H and O–H groups in total. The molecule has 2 aromatic carbocycles. The molecule has 0 spiro atoms. The number of benzene rings is 2. The van der Waals surface area contributed by atoms with Crippen molar-refractivity contribution in [3.05, 3.63) is 58.1 Å². The van der Waals surface area contributed by atoms with Crippen LogP contribution in [0.5, 0.6) is 11.5 Å². The molecule has 3 rings (SSSR count). The van der Waals surface area contributed by atoms with E-state index in [4.69, 9.17) is 21.1 Å². The Morgan fingerprint density at radius 2 is 1.73 bits per heavy atom. The average molecular weight is 540 g/mol. The zero-order chi connectivity index (χ0) is 23.8. The molecule has 1 saturated heterocycles. The third-order valence-electron chi connectivity index (χ3n) is 6.14. The maximum atomic E-state index is 10.3. The van der Waals surface area contributed by atoms with Gasteiger partial charge in [0.05, 0.1) is 11.1 Å². The average Bonchev–Trinajstić information content (AvgIpc) is 2.82. The highest BCUT2D eigenvalue weighted by Gasteiger charge is 2.24. The van der Waals surface area contributed by atoms with E-state index in [9.17, 15) is 5.11 Å². The summed E-state index contributed by atoms with van der Waals surface area (Å²) in [5.74, 6) is 2.48. The van der Waals surface area contributed by atoms with Gasteiger partial charge in [0, 0.05) is 49.9 Å². The molecule has 2 aromatic rings. The Kier molecular flexibility index (Phi) is 9.89. The second-order valence-corrected chi connectivity index (χ2v) is 10.5. The summed E-state index contributed by atoms with van der Waals surface area (Å²) in [5, 5.41) is 13.6. The van der Waals surface area contributed by atoms with Crippen molar-refractivity contribution in [3.8, 4) is 11.5 Å². The van der Waals surface area contributed by atoms with Gasteiger partial charge in [0.25, 0.3) is 0 Å². The summed E-state index contributed by atoms with van der Waals surface area (Å²) in [4.78, 5) is 2.27. The van der Waals surface area contributed by atoms with Gasteiger partial charge >= 0.3 is 0 Å². The van der Waals surface area contributed by atoms with E-state index in [1.807, 2.05) is 18.2 Å². The Morgan fingerprint density at radius 3 is 2.36 bits per heavy atom. The predicted octanol–water partition coefficient (Wildman–Crippen LogP) is 4.67. The first-order chi connectivity index (χ1) is 15.8. The topological polar surface area (TPSA) is 54.0 Å². The van der Waals surface area contributed by atoms with Crippen molar-refractivity contribution in [1.29, 1.82) is 0 Å². The Morgan fingerprint density at radius 1 is 1.06 bits per heavy atom. The fourth-order valence-corrected chi connectivity index (χ4v) is 4.44. The lowest BCUT2D eigenvalue weighted by Crippen LogP contribution is -2.47. The maximum absolute atomic E-state index is 10.3. The molecule has 1 heterocycles. The van der Waals surface area contributed by atoms with Gasteiger partial charge in [0.15, 0.2) is 0 Å². The van der Waals surface area contributed by atoms with E-state index in [0.29, 0.717) is 31.6 Å². The smallest absolute Gasteiger partial charge is 0.133 e. The molecule has 1 aliphatic heterocycles. The second kappa shape index (κ2) is 12.4.